The molecular formula is C13H14ClN3. The van der Waals surface area contributed by atoms with Gasteiger partial charge in [-0.25, -0.2) is 9.97 Å². The second-order valence-electron chi connectivity index (χ2n) is 4.06. The molecule has 1 aromatic carbocycles. The summed E-state index contributed by atoms with van der Waals surface area (Å²) in [6.45, 7) is 1.95. The number of rotatable bonds is 3. The van der Waals surface area contributed by atoms with Crippen LogP contribution in [-0.4, -0.2) is 9.97 Å². The first-order valence-corrected chi connectivity index (χ1v) is 5.81. The number of hydrogen-bond donors (Lipinski definition) is 1. The van der Waals surface area contributed by atoms with Gasteiger partial charge in [-0.05, 0) is 36.6 Å². The Morgan fingerprint density at radius 3 is 2.65 bits per heavy atom. The van der Waals surface area contributed by atoms with Crippen LogP contribution in [-0.2, 0) is 6.42 Å². The second-order valence-corrected chi connectivity index (χ2v) is 4.50. The van der Waals surface area contributed by atoms with E-state index in [-0.39, 0.29) is 6.04 Å². The predicted molar refractivity (Wildman–Crippen MR) is 68.9 cm³/mol. The molecule has 0 radical (unpaired) electrons. The minimum absolute atomic E-state index is 0.200. The van der Waals surface area contributed by atoms with Crippen LogP contribution in [0.1, 0.15) is 23.0 Å². The van der Waals surface area contributed by atoms with Crippen LogP contribution in [0.3, 0.4) is 0 Å². The Bertz CT molecular complexity index is 496. The molecule has 2 aromatic rings. The molecular weight excluding hydrogens is 234 g/mol. The third-order valence-electron chi connectivity index (χ3n) is 2.48. The number of nitrogens with zero attached hydrogens (tertiary/aromatic N) is 2. The molecule has 1 heterocycles. The Hall–Kier alpha value is -1.45. The zero-order valence-corrected chi connectivity index (χ0v) is 10.4. The maximum Gasteiger partial charge on any atom is 0.145 e. The maximum atomic E-state index is 6.06. The Balaban J connectivity index is 2.11. The van der Waals surface area contributed by atoms with Crippen LogP contribution in [0.4, 0.5) is 0 Å². The van der Waals surface area contributed by atoms with E-state index in [0.717, 1.165) is 16.1 Å². The summed E-state index contributed by atoms with van der Waals surface area (Å²) >= 11 is 5.92. The fourth-order valence-electron chi connectivity index (χ4n) is 1.60. The van der Waals surface area contributed by atoms with E-state index in [1.54, 1.807) is 12.4 Å². The van der Waals surface area contributed by atoms with Gasteiger partial charge < -0.3 is 5.73 Å². The van der Waals surface area contributed by atoms with Gasteiger partial charge in [0.15, 0.2) is 0 Å². The molecule has 0 aliphatic heterocycles. The van der Waals surface area contributed by atoms with Crippen LogP contribution in [0.25, 0.3) is 0 Å². The predicted octanol–water partition coefficient (Wildman–Crippen LogP) is 2.68. The van der Waals surface area contributed by atoms with Crippen molar-refractivity contribution in [1.82, 2.24) is 9.97 Å². The molecule has 1 unspecified atom stereocenters. The molecule has 1 aromatic heterocycles. The largest absolute Gasteiger partial charge is 0.321 e. The quantitative estimate of drug-likeness (QED) is 0.907. The molecule has 3 nitrogen and oxygen atoms in total. The molecule has 4 heteroatoms. The molecule has 0 spiro atoms. The summed E-state index contributed by atoms with van der Waals surface area (Å²) in [5.41, 5.74) is 8.18. The summed E-state index contributed by atoms with van der Waals surface area (Å²) in [4.78, 5) is 8.46. The standard InChI is InChI=1S/C13H14ClN3/c1-9-7-16-13(17-8-9)12(15)6-10-3-2-4-11(14)5-10/h2-5,7-8,12H,6,15H2,1H3. The lowest BCUT2D eigenvalue weighted by molar-refractivity contribution is 0.665. The molecule has 2 N–H and O–H groups in total. The Labute approximate surface area is 106 Å². The lowest BCUT2D eigenvalue weighted by atomic mass is 10.1. The van der Waals surface area contributed by atoms with Gasteiger partial charge in [0.05, 0.1) is 6.04 Å². The SMILES string of the molecule is Cc1cnc(C(N)Cc2cccc(Cl)c2)nc1. The number of benzene rings is 1. The molecule has 0 aliphatic carbocycles. The van der Waals surface area contributed by atoms with Gasteiger partial charge in [-0.15, -0.1) is 0 Å². The summed E-state index contributed by atoms with van der Waals surface area (Å²) in [5, 5.41) is 0.722. The fourth-order valence-corrected chi connectivity index (χ4v) is 1.82. The molecule has 17 heavy (non-hydrogen) atoms. The van der Waals surface area contributed by atoms with E-state index < -0.39 is 0 Å². The van der Waals surface area contributed by atoms with Crippen LogP contribution in [0.2, 0.25) is 5.02 Å². The smallest absolute Gasteiger partial charge is 0.145 e. The number of aromatic nitrogens is 2. The zero-order valence-electron chi connectivity index (χ0n) is 9.60. The van der Waals surface area contributed by atoms with Crippen LogP contribution in [0.5, 0.6) is 0 Å². The molecule has 88 valence electrons. The van der Waals surface area contributed by atoms with Crippen LogP contribution in [0.15, 0.2) is 36.7 Å². The molecule has 0 saturated carbocycles. The van der Waals surface area contributed by atoms with Gasteiger partial charge in [0.25, 0.3) is 0 Å². The van der Waals surface area contributed by atoms with Crippen molar-refractivity contribution in [3.8, 4) is 0 Å². The van der Waals surface area contributed by atoms with Gasteiger partial charge >= 0.3 is 0 Å². The Morgan fingerprint density at radius 2 is 2.00 bits per heavy atom. The number of halogens is 1. The van der Waals surface area contributed by atoms with Gasteiger partial charge in [0.1, 0.15) is 5.82 Å². The monoisotopic (exact) mass is 247 g/mol. The third-order valence-corrected chi connectivity index (χ3v) is 2.71. The Kier molecular flexibility index (Phi) is 3.71. The average Bonchev–Trinajstić information content (AvgIpc) is 2.29. The van der Waals surface area contributed by atoms with E-state index >= 15 is 0 Å². The van der Waals surface area contributed by atoms with Crippen molar-refractivity contribution in [2.45, 2.75) is 19.4 Å². The summed E-state index contributed by atoms with van der Waals surface area (Å²) in [6.07, 6.45) is 4.24. The molecule has 1 atom stereocenters. The highest BCUT2D eigenvalue weighted by atomic mass is 35.5. The maximum absolute atomic E-state index is 6.06. The van der Waals surface area contributed by atoms with Gasteiger partial charge in [-0.2, -0.15) is 0 Å². The highest BCUT2D eigenvalue weighted by molar-refractivity contribution is 6.30. The summed E-state index contributed by atoms with van der Waals surface area (Å²) in [6, 6.07) is 7.48. The molecule has 2 rings (SSSR count). The lowest BCUT2D eigenvalue weighted by Gasteiger charge is -2.10. The van der Waals surface area contributed by atoms with Crippen molar-refractivity contribution in [1.29, 1.82) is 0 Å². The van der Waals surface area contributed by atoms with Crippen LogP contribution in [0, 0.1) is 6.92 Å². The van der Waals surface area contributed by atoms with Crippen LogP contribution < -0.4 is 5.73 Å². The van der Waals surface area contributed by atoms with Crippen molar-refractivity contribution < 1.29 is 0 Å². The normalized spacial score (nSPS) is 12.4. The Morgan fingerprint density at radius 1 is 1.29 bits per heavy atom. The minimum Gasteiger partial charge on any atom is -0.321 e. The van der Waals surface area contributed by atoms with E-state index in [9.17, 15) is 0 Å². The lowest BCUT2D eigenvalue weighted by Crippen LogP contribution is -2.16. The first kappa shape index (κ1) is 12.0. The van der Waals surface area contributed by atoms with Crippen molar-refractivity contribution in [2.75, 3.05) is 0 Å². The number of hydrogen-bond acceptors (Lipinski definition) is 3. The molecule has 0 amide bonds. The minimum atomic E-state index is -0.200. The molecule has 0 aliphatic rings. The van der Waals surface area contributed by atoms with E-state index in [2.05, 4.69) is 9.97 Å². The first-order valence-electron chi connectivity index (χ1n) is 5.44. The van der Waals surface area contributed by atoms with Gasteiger partial charge in [0.2, 0.25) is 0 Å². The third kappa shape index (κ3) is 3.25. The van der Waals surface area contributed by atoms with Crippen molar-refractivity contribution in [2.24, 2.45) is 5.73 Å². The molecule has 0 bridgehead atoms. The van der Waals surface area contributed by atoms with Gasteiger partial charge in [0, 0.05) is 17.4 Å². The van der Waals surface area contributed by atoms with Gasteiger partial charge in [-0.1, -0.05) is 23.7 Å². The number of nitrogens with two attached hydrogens (primary N) is 1. The number of aryl methyl sites for hydroxylation is 1. The van der Waals surface area contributed by atoms with Crippen LogP contribution >= 0.6 is 11.6 Å². The van der Waals surface area contributed by atoms with Crippen molar-refractivity contribution in [3.63, 3.8) is 0 Å². The second kappa shape index (κ2) is 5.25. The summed E-state index contributed by atoms with van der Waals surface area (Å²) in [7, 11) is 0. The van der Waals surface area contributed by atoms with E-state index in [0.29, 0.717) is 12.2 Å². The van der Waals surface area contributed by atoms with Crippen molar-refractivity contribution in [3.05, 3.63) is 58.6 Å². The van der Waals surface area contributed by atoms with Crippen molar-refractivity contribution >= 4 is 11.6 Å². The fraction of sp³-hybridized carbons (Fsp3) is 0.231. The topological polar surface area (TPSA) is 51.8 Å². The highest BCUT2D eigenvalue weighted by Crippen LogP contribution is 2.16. The zero-order chi connectivity index (χ0) is 12.3. The van der Waals surface area contributed by atoms with E-state index in [1.165, 1.54) is 0 Å². The summed E-state index contributed by atoms with van der Waals surface area (Å²) in [5.74, 6) is 0.663. The van der Waals surface area contributed by atoms with E-state index in [4.69, 9.17) is 17.3 Å². The highest BCUT2D eigenvalue weighted by Gasteiger charge is 2.09. The average molecular weight is 248 g/mol. The van der Waals surface area contributed by atoms with E-state index in [1.807, 2.05) is 31.2 Å². The molecule has 0 saturated heterocycles. The molecule has 0 fully saturated rings. The first-order chi connectivity index (χ1) is 8.15. The van der Waals surface area contributed by atoms with Gasteiger partial charge in [-0.3, -0.25) is 0 Å². The summed E-state index contributed by atoms with van der Waals surface area (Å²) < 4.78 is 0.